The number of aliphatic hydroxyl groups is 1. The number of likely N-dealkylation sites (N-methyl/N-ethyl adjacent to an activating group) is 1. The summed E-state index contributed by atoms with van der Waals surface area (Å²) in [7, 11) is 1.96. The maximum atomic E-state index is 12.8. The predicted octanol–water partition coefficient (Wildman–Crippen LogP) is 4.51. The Morgan fingerprint density at radius 2 is 1.84 bits per heavy atom. The van der Waals surface area contributed by atoms with Crippen LogP contribution in [0, 0.1) is 50.0 Å². The molecule has 1 saturated heterocycles. The monoisotopic (exact) mass is 564 g/mol. The van der Waals surface area contributed by atoms with Crippen molar-refractivity contribution in [1.82, 2.24) is 4.90 Å². The minimum Gasteiger partial charge on any atom is -0.391 e. The average Bonchev–Trinajstić information content (AvgIpc) is 2.60. The molecule has 1 rings (SSSR count). The van der Waals surface area contributed by atoms with Gasteiger partial charge in [-0.15, -0.1) is 0 Å². The van der Waals surface area contributed by atoms with E-state index in [0.717, 1.165) is 25.8 Å². The number of nitrogens with zero attached hydrogens (tertiary/aromatic N) is 1. The summed E-state index contributed by atoms with van der Waals surface area (Å²) >= 11 is 0. The fourth-order valence-electron chi connectivity index (χ4n) is 3.52. The number of ketones is 1. The molecule has 141 valence electrons. The second-order valence-corrected chi connectivity index (χ2v) is 7.27. The van der Waals surface area contributed by atoms with Gasteiger partial charge in [0.1, 0.15) is 0 Å². The first-order chi connectivity index (χ1) is 12.4. The van der Waals surface area contributed by atoms with Crippen LogP contribution in [0.15, 0.2) is 24.8 Å². The first-order valence-electron chi connectivity index (χ1n) is 10.6. The molecule has 1 fully saturated rings. The van der Waals surface area contributed by atoms with Crippen LogP contribution in [0.2, 0.25) is 0 Å². The van der Waals surface area contributed by atoms with Crippen LogP contribution >= 0.6 is 0 Å². The van der Waals surface area contributed by atoms with E-state index in [-0.39, 0.29) is 62.3 Å². The number of carbonyl (C=O) groups is 1. The maximum Gasteiger partial charge on any atom is 0.152 e. The van der Waals surface area contributed by atoms with E-state index in [2.05, 4.69) is 4.90 Å². The predicted molar refractivity (Wildman–Crippen MR) is 102 cm³/mol. The van der Waals surface area contributed by atoms with Crippen molar-refractivity contribution in [3.8, 4) is 0 Å². The van der Waals surface area contributed by atoms with Crippen molar-refractivity contribution in [2.24, 2.45) is 5.92 Å². The van der Waals surface area contributed by atoms with Crippen LogP contribution < -0.4 is 0 Å². The molecule has 0 saturated carbocycles. The summed E-state index contributed by atoms with van der Waals surface area (Å²) in [5.74, 6) is 0.112. The number of hydrogen-bond acceptors (Lipinski definition) is 3. The summed E-state index contributed by atoms with van der Waals surface area (Å²) in [6, 6.07) is -0.433. The summed E-state index contributed by atoms with van der Waals surface area (Å²) in [5, 5.41) is 10.9. The van der Waals surface area contributed by atoms with E-state index in [1.165, 1.54) is 38.2 Å². The zero-order valence-corrected chi connectivity index (χ0v) is 20.9. The molecule has 4 heteroatoms. The van der Waals surface area contributed by atoms with Crippen molar-refractivity contribution >= 4 is 5.78 Å². The topological polar surface area (TPSA) is 40.5 Å². The Balaban J connectivity index is 0.00000676. The summed E-state index contributed by atoms with van der Waals surface area (Å²) in [6.07, 6.45) is 14.7. The van der Waals surface area contributed by atoms with Gasteiger partial charge < -0.3 is 5.11 Å². The minimum atomic E-state index is -0.697. The molecule has 25 heavy (non-hydrogen) atoms. The molecule has 0 amide bonds. The van der Waals surface area contributed by atoms with E-state index in [0.29, 0.717) is 12.8 Å². The Morgan fingerprint density at radius 3 is 2.48 bits per heavy atom. The van der Waals surface area contributed by atoms with E-state index >= 15 is 0 Å². The van der Waals surface area contributed by atoms with Crippen LogP contribution in [0.1, 0.15) is 73.9 Å². The molecule has 0 aliphatic carbocycles. The van der Waals surface area contributed by atoms with Crippen LogP contribution in [0.25, 0.3) is 0 Å². The largest absolute Gasteiger partial charge is 0.391 e. The van der Waals surface area contributed by atoms with Crippen LogP contribution in [0.3, 0.4) is 0 Å². The summed E-state index contributed by atoms with van der Waals surface area (Å²) in [6.45, 7) is 2.57. The van der Waals surface area contributed by atoms with Gasteiger partial charge in [-0.3, -0.25) is 9.69 Å². The molecule has 1 heterocycles. The van der Waals surface area contributed by atoms with E-state index in [1.807, 2.05) is 20.0 Å². The summed E-state index contributed by atoms with van der Waals surface area (Å²) < 4.78 is 14.1. The van der Waals surface area contributed by atoms with Crippen LogP contribution in [-0.2, 0) is 4.79 Å². The first kappa shape index (κ1) is 21.8. The fraction of sp³-hybridized carbons (Fsp3) is 0.762. The molecule has 3 atom stereocenters. The van der Waals surface area contributed by atoms with Crippen LogP contribution in [-0.4, -0.2) is 41.5 Å². The fourth-order valence-corrected chi connectivity index (χ4v) is 3.52. The molecular formula is C21H37AcNO2. The third-order valence-corrected chi connectivity index (χ3v) is 5.14. The van der Waals surface area contributed by atoms with Gasteiger partial charge in [0.05, 0.1) is 14.9 Å². The Hall–Kier alpha value is 0.512. The average molecular weight is 565 g/mol. The Morgan fingerprint density at radius 1 is 1.24 bits per heavy atom. The molecule has 1 aliphatic rings. The molecule has 1 radical (unpaired) electrons. The normalized spacial score (nSPS) is 25.4. The number of carbonyl (C=O) groups excluding carboxylic acids is 1. The zero-order chi connectivity index (χ0) is 19.4. The van der Waals surface area contributed by atoms with Crippen molar-refractivity contribution < 1.29 is 56.7 Å². The molecule has 1 N–H and O–H groups in total. The summed E-state index contributed by atoms with van der Waals surface area (Å²) in [4.78, 5) is 14.9. The maximum absolute atomic E-state index is 12.8. The van der Waals surface area contributed by atoms with Crippen molar-refractivity contribution in [2.75, 3.05) is 13.6 Å². The van der Waals surface area contributed by atoms with Crippen molar-refractivity contribution in [1.29, 1.82) is 0 Å². The molecule has 0 bridgehead atoms. The van der Waals surface area contributed by atoms with E-state index in [4.69, 9.17) is 2.74 Å². The zero-order valence-electron chi connectivity index (χ0n) is 18.1. The Labute approximate surface area is 193 Å². The smallest absolute Gasteiger partial charge is 0.152 e. The molecule has 3 nitrogen and oxygen atoms in total. The Bertz CT molecular complexity index is 467. The second kappa shape index (κ2) is 15.6. The van der Waals surface area contributed by atoms with Crippen molar-refractivity contribution in [2.45, 2.75) is 83.3 Å². The number of Topliss-reactive ketones (excluding diaryl/α,β-unsaturated/α-hetero) is 1. The standard InChI is InChI=1S/C21H37NO2.Ac/c1-4-5-12-15-18(2)21(24)20-19(23)16-13-10-8-6-7-9-11-14-17-22(20)3;/h4-5,12,18,20-21,24H,1,6-11,13-17H2,2-3H3;/b12-5+;/t18-,20-,21?;/m1./s1/i1D2;. The SMILES string of the molecule is [2H]C([2H])=C/C=C/C[C@@H](C)C(O)[C@H]1C(=O)CCCCCCCCCCN1C.[Ac]. The number of hydrogen-bond donors (Lipinski definition) is 1. The number of aliphatic hydroxyl groups excluding tert-OH is 1. The van der Waals surface area contributed by atoms with Gasteiger partial charge in [0.2, 0.25) is 0 Å². The van der Waals surface area contributed by atoms with Crippen LogP contribution in [0.4, 0.5) is 0 Å². The molecule has 1 unspecified atom stereocenters. The van der Waals surface area contributed by atoms with Gasteiger partial charge in [-0.1, -0.05) is 70.2 Å². The minimum absolute atomic E-state index is 0. The van der Waals surface area contributed by atoms with Gasteiger partial charge in [-0.25, -0.2) is 0 Å². The molecule has 0 aromatic heterocycles. The first-order valence-corrected chi connectivity index (χ1v) is 9.64. The van der Waals surface area contributed by atoms with Gasteiger partial charge in [-0.05, 0) is 38.8 Å². The Kier molecular flexibility index (Phi) is 13.6. The van der Waals surface area contributed by atoms with Crippen molar-refractivity contribution in [3.05, 3.63) is 24.8 Å². The second-order valence-electron chi connectivity index (χ2n) is 7.27. The van der Waals surface area contributed by atoms with Gasteiger partial charge in [0, 0.05) is 50.5 Å². The van der Waals surface area contributed by atoms with Gasteiger partial charge >= 0.3 is 0 Å². The van der Waals surface area contributed by atoms with Gasteiger partial charge in [0.25, 0.3) is 0 Å². The van der Waals surface area contributed by atoms with E-state index in [9.17, 15) is 9.90 Å². The molecule has 0 aromatic carbocycles. The van der Waals surface area contributed by atoms with Crippen molar-refractivity contribution in [3.63, 3.8) is 0 Å². The number of rotatable bonds is 5. The molecule has 0 spiro atoms. The quantitative estimate of drug-likeness (QED) is 0.500. The van der Waals surface area contributed by atoms with E-state index in [1.54, 1.807) is 6.08 Å². The van der Waals surface area contributed by atoms with Gasteiger partial charge in [0.15, 0.2) is 5.78 Å². The third-order valence-electron chi connectivity index (χ3n) is 5.14. The molecular weight excluding hydrogens is 525 g/mol. The molecule has 1 aliphatic heterocycles. The summed E-state index contributed by atoms with van der Waals surface area (Å²) in [5.41, 5.74) is 0. The number of allylic oxidation sites excluding steroid dienone is 3. The third kappa shape index (κ3) is 10.4. The van der Waals surface area contributed by atoms with Crippen LogP contribution in [0.5, 0.6) is 0 Å². The molecule has 0 aromatic rings. The van der Waals surface area contributed by atoms with E-state index < -0.39 is 12.1 Å². The van der Waals surface area contributed by atoms with Gasteiger partial charge in [-0.2, -0.15) is 0 Å².